The first kappa shape index (κ1) is 11.7. The molecule has 0 aliphatic rings. The average Bonchev–Trinajstić information content (AvgIpc) is 2.20. The zero-order valence-electron chi connectivity index (χ0n) is 9.16. The predicted octanol–water partition coefficient (Wildman–Crippen LogP) is 1.60. The van der Waals surface area contributed by atoms with Gasteiger partial charge in [0.1, 0.15) is 6.04 Å². The van der Waals surface area contributed by atoms with Crippen molar-refractivity contribution < 1.29 is 9.90 Å². The van der Waals surface area contributed by atoms with Crippen LogP contribution in [0.2, 0.25) is 0 Å². The molecule has 0 saturated carbocycles. The van der Waals surface area contributed by atoms with Gasteiger partial charge in [0.05, 0.1) is 0 Å². The van der Waals surface area contributed by atoms with Gasteiger partial charge in [0, 0.05) is 0 Å². The minimum Gasteiger partial charge on any atom is -0.480 e. The standard InChI is InChI=1S/C12H17NO2/c1-3-13-11(12(14)15)8-10-7-5-4-6-9(10)2/h4-7,11,13H,3,8H2,1-2H3,(H,14,15)/t11-/m0/s1. The van der Waals surface area contributed by atoms with Crippen molar-refractivity contribution in [3.63, 3.8) is 0 Å². The molecule has 0 fully saturated rings. The highest BCUT2D eigenvalue weighted by molar-refractivity contribution is 5.74. The van der Waals surface area contributed by atoms with Crippen molar-refractivity contribution in [1.29, 1.82) is 0 Å². The second-order valence-electron chi connectivity index (χ2n) is 3.58. The highest BCUT2D eigenvalue weighted by atomic mass is 16.4. The summed E-state index contributed by atoms with van der Waals surface area (Å²) in [6.45, 7) is 4.58. The average molecular weight is 207 g/mol. The Morgan fingerprint density at radius 1 is 1.47 bits per heavy atom. The molecule has 0 spiro atoms. The van der Waals surface area contributed by atoms with Crippen molar-refractivity contribution in [3.05, 3.63) is 35.4 Å². The van der Waals surface area contributed by atoms with Gasteiger partial charge in [0.25, 0.3) is 0 Å². The topological polar surface area (TPSA) is 49.3 Å². The molecule has 1 aromatic carbocycles. The molecule has 1 rings (SSSR count). The first-order valence-electron chi connectivity index (χ1n) is 5.15. The molecule has 0 aliphatic heterocycles. The summed E-state index contributed by atoms with van der Waals surface area (Å²) in [5, 5.41) is 12.0. The molecule has 1 atom stereocenters. The van der Waals surface area contributed by atoms with Crippen LogP contribution in [0.4, 0.5) is 0 Å². The Kier molecular flexibility index (Phi) is 4.31. The number of likely N-dealkylation sites (N-methyl/N-ethyl adjacent to an activating group) is 1. The van der Waals surface area contributed by atoms with Gasteiger partial charge in [-0.05, 0) is 31.0 Å². The van der Waals surface area contributed by atoms with Crippen molar-refractivity contribution in [2.24, 2.45) is 0 Å². The molecule has 1 aromatic rings. The molecule has 82 valence electrons. The second-order valence-corrected chi connectivity index (χ2v) is 3.58. The number of hydrogen-bond acceptors (Lipinski definition) is 2. The van der Waals surface area contributed by atoms with Gasteiger partial charge >= 0.3 is 5.97 Å². The summed E-state index contributed by atoms with van der Waals surface area (Å²) < 4.78 is 0. The van der Waals surface area contributed by atoms with E-state index in [2.05, 4.69) is 5.32 Å². The van der Waals surface area contributed by atoms with E-state index in [9.17, 15) is 4.79 Å². The van der Waals surface area contributed by atoms with E-state index in [0.29, 0.717) is 13.0 Å². The first-order chi connectivity index (χ1) is 7.15. The molecular weight excluding hydrogens is 190 g/mol. The molecule has 0 heterocycles. The zero-order chi connectivity index (χ0) is 11.3. The van der Waals surface area contributed by atoms with Gasteiger partial charge < -0.3 is 10.4 Å². The van der Waals surface area contributed by atoms with Gasteiger partial charge in [-0.1, -0.05) is 31.2 Å². The maximum Gasteiger partial charge on any atom is 0.321 e. The molecule has 2 N–H and O–H groups in total. The Bertz CT molecular complexity index is 336. The third-order valence-electron chi connectivity index (χ3n) is 2.43. The maximum atomic E-state index is 10.9. The number of carboxylic acid groups (broad SMARTS) is 1. The lowest BCUT2D eigenvalue weighted by atomic mass is 10.0. The smallest absolute Gasteiger partial charge is 0.321 e. The lowest BCUT2D eigenvalue weighted by Crippen LogP contribution is -2.38. The molecule has 15 heavy (non-hydrogen) atoms. The molecular formula is C12H17NO2. The Labute approximate surface area is 90.1 Å². The minimum absolute atomic E-state index is 0.490. The van der Waals surface area contributed by atoms with Crippen LogP contribution in [0.1, 0.15) is 18.1 Å². The Hall–Kier alpha value is -1.35. The summed E-state index contributed by atoms with van der Waals surface area (Å²) in [6.07, 6.45) is 0.538. The fraction of sp³-hybridized carbons (Fsp3) is 0.417. The van der Waals surface area contributed by atoms with Gasteiger partial charge in [-0.15, -0.1) is 0 Å². The van der Waals surface area contributed by atoms with Crippen LogP contribution >= 0.6 is 0 Å². The zero-order valence-corrected chi connectivity index (χ0v) is 9.16. The monoisotopic (exact) mass is 207 g/mol. The number of rotatable bonds is 5. The fourth-order valence-corrected chi connectivity index (χ4v) is 1.55. The van der Waals surface area contributed by atoms with E-state index in [0.717, 1.165) is 11.1 Å². The summed E-state index contributed by atoms with van der Waals surface area (Å²) in [4.78, 5) is 10.9. The van der Waals surface area contributed by atoms with E-state index in [1.54, 1.807) is 0 Å². The molecule has 0 amide bonds. The number of carboxylic acids is 1. The first-order valence-corrected chi connectivity index (χ1v) is 5.15. The lowest BCUT2D eigenvalue weighted by Gasteiger charge is -2.14. The Morgan fingerprint density at radius 3 is 2.67 bits per heavy atom. The number of hydrogen-bond donors (Lipinski definition) is 2. The van der Waals surface area contributed by atoms with Gasteiger partial charge in [-0.3, -0.25) is 4.79 Å². The van der Waals surface area contributed by atoms with Crippen LogP contribution in [0.5, 0.6) is 0 Å². The van der Waals surface area contributed by atoms with E-state index in [1.165, 1.54) is 0 Å². The summed E-state index contributed by atoms with van der Waals surface area (Å²) in [5.41, 5.74) is 2.23. The van der Waals surface area contributed by atoms with Gasteiger partial charge in [-0.25, -0.2) is 0 Å². The lowest BCUT2D eigenvalue weighted by molar-refractivity contribution is -0.139. The van der Waals surface area contributed by atoms with Crippen molar-refractivity contribution in [2.75, 3.05) is 6.54 Å². The van der Waals surface area contributed by atoms with Gasteiger partial charge in [-0.2, -0.15) is 0 Å². The number of carbonyl (C=O) groups is 1. The highest BCUT2D eigenvalue weighted by Gasteiger charge is 2.16. The van der Waals surface area contributed by atoms with Gasteiger partial charge in [0.15, 0.2) is 0 Å². The van der Waals surface area contributed by atoms with Gasteiger partial charge in [0.2, 0.25) is 0 Å². The molecule has 3 heteroatoms. The van der Waals surface area contributed by atoms with Crippen LogP contribution in [0.3, 0.4) is 0 Å². The largest absolute Gasteiger partial charge is 0.480 e. The normalized spacial score (nSPS) is 12.4. The van der Waals surface area contributed by atoms with Crippen LogP contribution in [0.25, 0.3) is 0 Å². The third kappa shape index (κ3) is 3.36. The molecule has 0 saturated heterocycles. The van der Waals surface area contributed by atoms with Crippen LogP contribution in [-0.2, 0) is 11.2 Å². The summed E-state index contributed by atoms with van der Waals surface area (Å²) >= 11 is 0. The number of nitrogens with one attached hydrogen (secondary N) is 1. The predicted molar refractivity (Wildman–Crippen MR) is 60.0 cm³/mol. The third-order valence-corrected chi connectivity index (χ3v) is 2.43. The number of benzene rings is 1. The van der Waals surface area contributed by atoms with Crippen molar-refractivity contribution in [1.82, 2.24) is 5.32 Å². The molecule has 3 nitrogen and oxygen atoms in total. The van der Waals surface area contributed by atoms with Crippen LogP contribution in [-0.4, -0.2) is 23.7 Å². The summed E-state index contributed by atoms with van der Waals surface area (Å²) in [6, 6.07) is 7.38. The number of aryl methyl sites for hydroxylation is 1. The van der Waals surface area contributed by atoms with E-state index in [1.807, 2.05) is 38.1 Å². The van der Waals surface area contributed by atoms with E-state index >= 15 is 0 Å². The maximum absolute atomic E-state index is 10.9. The second kappa shape index (κ2) is 5.51. The summed E-state index contributed by atoms with van der Waals surface area (Å²) in [5.74, 6) is -0.792. The highest BCUT2D eigenvalue weighted by Crippen LogP contribution is 2.09. The van der Waals surface area contributed by atoms with E-state index in [-0.39, 0.29) is 0 Å². The van der Waals surface area contributed by atoms with Crippen LogP contribution < -0.4 is 5.32 Å². The molecule has 0 radical (unpaired) electrons. The fourth-order valence-electron chi connectivity index (χ4n) is 1.55. The molecule has 0 bridgehead atoms. The quantitative estimate of drug-likeness (QED) is 0.771. The molecule has 0 unspecified atom stereocenters. The van der Waals surface area contributed by atoms with Crippen LogP contribution in [0, 0.1) is 6.92 Å². The van der Waals surface area contributed by atoms with Crippen molar-refractivity contribution in [2.45, 2.75) is 26.3 Å². The van der Waals surface area contributed by atoms with E-state index < -0.39 is 12.0 Å². The van der Waals surface area contributed by atoms with Crippen LogP contribution in [0.15, 0.2) is 24.3 Å². The molecule has 0 aromatic heterocycles. The summed E-state index contributed by atoms with van der Waals surface area (Å²) in [7, 11) is 0. The Balaban J connectivity index is 2.74. The number of aliphatic carboxylic acids is 1. The molecule has 0 aliphatic carbocycles. The van der Waals surface area contributed by atoms with Crippen molar-refractivity contribution >= 4 is 5.97 Å². The van der Waals surface area contributed by atoms with Crippen molar-refractivity contribution in [3.8, 4) is 0 Å². The SMILES string of the molecule is CCN[C@@H](Cc1ccccc1C)C(=O)O. The minimum atomic E-state index is -0.792. The van der Waals surface area contributed by atoms with E-state index in [4.69, 9.17) is 5.11 Å². The Morgan fingerprint density at radius 2 is 2.13 bits per heavy atom.